The van der Waals surface area contributed by atoms with Gasteiger partial charge in [0.1, 0.15) is 11.4 Å². The molecule has 0 aliphatic carbocycles. The van der Waals surface area contributed by atoms with Gasteiger partial charge in [0.25, 0.3) is 5.91 Å². The van der Waals surface area contributed by atoms with Crippen LogP contribution in [0, 0.1) is 0 Å². The van der Waals surface area contributed by atoms with Crippen molar-refractivity contribution in [2.24, 2.45) is 0 Å². The van der Waals surface area contributed by atoms with E-state index < -0.39 is 17.8 Å². The van der Waals surface area contributed by atoms with E-state index in [0.717, 1.165) is 5.56 Å². The summed E-state index contributed by atoms with van der Waals surface area (Å²) in [4.78, 5) is 47.3. The number of nitrogens with one attached hydrogen (secondary N) is 3. The third-order valence-electron chi connectivity index (χ3n) is 4.29. The molecule has 35 heavy (non-hydrogen) atoms. The zero-order valence-electron chi connectivity index (χ0n) is 20.3. The van der Waals surface area contributed by atoms with Gasteiger partial charge in [-0.3, -0.25) is 9.59 Å². The molecule has 0 fully saturated rings. The Balaban J connectivity index is 1.74. The van der Waals surface area contributed by atoms with Crippen LogP contribution in [-0.2, 0) is 20.8 Å². The Morgan fingerprint density at radius 1 is 0.886 bits per heavy atom. The molecule has 0 aliphatic rings. The number of benzene rings is 2. The van der Waals surface area contributed by atoms with Crippen LogP contribution in [0.5, 0.6) is 5.75 Å². The number of anilines is 1. The highest BCUT2D eigenvalue weighted by Crippen LogP contribution is 2.14. The Kier molecular flexibility index (Phi) is 10.1. The van der Waals surface area contributed by atoms with E-state index in [1.807, 2.05) is 0 Å². The first-order chi connectivity index (χ1) is 16.6. The average molecular weight is 486 g/mol. The second-order valence-electron chi connectivity index (χ2n) is 8.42. The molecule has 0 aromatic heterocycles. The molecule has 0 radical (unpaired) electrons. The van der Waals surface area contributed by atoms with Crippen LogP contribution >= 0.6 is 0 Å². The summed E-state index contributed by atoms with van der Waals surface area (Å²) in [5, 5.41) is 8.08. The maximum atomic E-state index is 12.4. The lowest BCUT2D eigenvalue weighted by molar-refractivity contribution is -0.116. The molecule has 2 rings (SSSR count). The Labute approximate surface area is 204 Å². The second kappa shape index (κ2) is 13.0. The van der Waals surface area contributed by atoms with Crippen molar-refractivity contribution in [2.75, 3.05) is 18.5 Å². The fourth-order valence-electron chi connectivity index (χ4n) is 2.72. The van der Waals surface area contributed by atoms with Gasteiger partial charge in [-0.25, -0.2) is 9.59 Å². The number of hydrogen-bond acceptors (Lipinski definition) is 7. The van der Waals surface area contributed by atoms with E-state index in [1.165, 1.54) is 12.1 Å². The first-order valence-electron chi connectivity index (χ1n) is 11.1. The minimum absolute atomic E-state index is 0.0979. The van der Waals surface area contributed by atoms with Crippen LogP contribution in [-0.4, -0.2) is 42.8 Å². The fourth-order valence-corrected chi connectivity index (χ4v) is 2.72. The van der Waals surface area contributed by atoms with Crippen molar-refractivity contribution in [3.63, 3.8) is 0 Å². The van der Waals surface area contributed by atoms with E-state index in [1.54, 1.807) is 64.1 Å². The van der Waals surface area contributed by atoms with E-state index in [9.17, 15) is 19.2 Å². The van der Waals surface area contributed by atoms with Gasteiger partial charge in [0.15, 0.2) is 0 Å². The van der Waals surface area contributed by atoms with Crippen LogP contribution in [0.3, 0.4) is 0 Å². The minimum Gasteiger partial charge on any atom is -0.444 e. The summed E-state index contributed by atoms with van der Waals surface area (Å²) >= 11 is 0. The van der Waals surface area contributed by atoms with Crippen molar-refractivity contribution < 1.29 is 33.4 Å². The third-order valence-corrected chi connectivity index (χ3v) is 4.29. The largest absolute Gasteiger partial charge is 0.513 e. The van der Waals surface area contributed by atoms with Gasteiger partial charge in [-0.1, -0.05) is 12.1 Å². The molecule has 0 atom stereocenters. The molecule has 0 saturated heterocycles. The summed E-state index contributed by atoms with van der Waals surface area (Å²) in [6.45, 7) is 7.60. The zero-order valence-corrected chi connectivity index (χ0v) is 20.3. The number of ether oxygens (including phenoxy) is 3. The highest BCUT2D eigenvalue weighted by molar-refractivity contribution is 5.94. The number of hydrogen-bond donors (Lipinski definition) is 3. The van der Waals surface area contributed by atoms with Crippen LogP contribution in [0.15, 0.2) is 48.5 Å². The SMILES string of the molecule is CCOC(=O)Oc1ccc(C(=O)NCc2ccc(NC(=O)CCNC(=O)OC(C)(C)C)cc2)cc1. The van der Waals surface area contributed by atoms with Crippen molar-refractivity contribution in [1.82, 2.24) is 10.6 Å². The van der Waals surface area contributed by atoms with E-state index in [-0.39, 0.29) is 43.7 Å². The van der Waals surface area contributed by atoms with Crippen molar-refractivity contribution in [3.05, 3.63) is 59.7 Å². The summed E-state index contributed by atoms with van der Waals surface area (Å²) in [6.07, 6.45) is -1.28. The maximum absolute atomic E-state index is 12.4. The predicted molar refractivity (Wildman–Crippen MR) is 129 cm³/mol. The molecule has 0 heterocycles. The highest BCUT2D eigenvalue weighted by atomic mass is 16.7. The summed E-state index contributed by atoms with van der Waals surface area (Å²) < 4.78 is 14.8. The lowest BCUT2D eigenvalue weighted by atomic mass is 10.1. The van der Waals surface area contributed by atoms with E-state index in [4.69, 9.17) is 14.2 Å². The molecule has 0 saturated carbocycles. The van der Waals surface area contributed by atoms with Gasteiger partial charge >= 0.3 is 12.2 Å². The molecule has 3 N–H and O–H groups in total. The van der Waals surface area contributed by atoms with Gasteiger partial charge < -0.3 is 30.2 Å². The molecule has 2 aromatic rings. The van der Waals surface area contributed by atoms with Crippen LogP contribution < -0.4 is 20.7 Å². The van der Waals surface area contributed by atoms with Gasteiger partial charge in [-0.15, -0.1) is 0 Å². The standard InChI is InChI=1S/C25H31N3O7/c1-5-33-24(32)34-20-12-8-18(9-13-20)22(30)27-16-17-6-10-19(11-7-17)28-21(29)14-15-26-23(31)35-25(2,3)4/h6-13H,5,14-16H2,1-4H3,(H,26,31)(H,27,30)(H,28,29). The van der Waals surface area contributed by atoms with E-state index in [0.29, 0.717) is 11.3 Å². The summed E-state index contributed by atoms with van der Waals surface area (Å²) in [7, 11) is 0. The number of rotatable bonds is 9. The lowest BCUT2D eigenvalue weighted by Gasteiger charge is -2.19. The van der Waals surface area contributed by atoms with Crippen molar-refractivity contribution in [1.29, 1.82) is 0 Å². The lowest BCUT2D eigenvalue weighted by Crippen LogP contribution is -2.34. The summed E-state index contributed by atoms with van der Waals surface area (Å²) in [5.41, 5.74) is 1.24. The molecule has 3 amide bonds. The molecular formula is C25H31N3O7. The van der Waals surface area contributed by atoms with Gasteiger partial charge in [0.05, 0.1) is 6.61 Å². The number of amides is 3. The van der Waals surface area contributed by atoms with Crippen molar-refractivity contribution >= 4 is 29.8 Å². The summed E-state index contributed by atoms with van der Waals surface area (Å²) in [5.74, 6) is -0.265. The number of carbonyl (C=O) groups excluding carboxylic acids is 4. The fraction of sp³-hybridized carbons (Fsp3) is 0.360. The molecule has 0 unspecified atom stereocenters. The van der Waals surface area contributed by atoms with Crippen molar-refractivity contribution in [3.8, 4) is 5.75 Å². The van der Waals surface area contributed by atoms with Gasteiger partial charge in [0, 0.05) is 30.8 Å². The van der Waals surface area contributed by atoms with Crippen LogP contribution in [0.4, 0.5) is 15.3 Å². The quantitative estimate of drug-likeness (QED) is 0.361. The minimum atomic E-state index is -0.804. The predicted octanol–water partition coefficient (Wildman–Crippen LogP) is 4.01. The molecule has 10 heteroatoms. The van der Waals surface area contributed by atoms with Gasteiger partial charge in [-0.05, 0) is 69.7 Å². The van der Waals surface area contributed by atoms with E-state index in [2.05, 4.69) is 16.0 Å². The smallest absolute Gasteiger partial charge is 0.444 e. The Hall–Kier alpha value is -4.08. The van der Waals surface area contributed by atoms with Gasteiger partial charge in [-0.2, -0.15) is 0 Å². The van der Waals surface area contributed by atoms with E-state index >= 15 is 0 Å². The van der Waals surface area contributed by atoms with Crippen LogP contribution in [0.2, 0.25) is 0 Å². The molecule has 0 spiro atoms. The van der Waals surface area contributed by atoms with Crippen molar-refractivity contribution in [2.45, 2.75) is 46.3 Å². The second-order valence-corrected chi connectivity index (χ2v) is 8.42. The topological polar surface area (TPSA) is 132 Å². The first kappa shape index (κ1) is 27.2. The maximum Gasteiger partial charge on any atom is 0.513 e. The molecule has 0 aliphatic heterocycles. The van der Waals surface area contributed by atoms with Gasteiger partial charge in [0.2, 0.25) is 5.91 Å². The highest BCUT2D eigenvalue weighted by Gasteiger charge is 2.16. The molecule has 10 nitrogen and oxygen atoms in total. The van der Waals surface area contributed by atoms with Crippen LogP contribution in [0.25, 0.3) is 0 Å². The number of alkyl carbamates (subject to hydrolysis) is 1. The normalized spacial score (nSPS) is 10.6. The average Bonchev–Trinajstić information content (AvgIpc) is 2.78. The Morgan fingerprint density at radius 3 is 2.14 bits per heavy atom. The molecular weight excluding hydrogens is 454 g/mol. The molecule has 0 bridgehead atoms. The monoisotopic (exact) mass is 485 g/mol. The first-order valence-corrected chi connectivity index (χ1v) is 11.1. The molecule has 188 valence electrons. The summed E-state index contributed by atoms with van der Waals surface area (Å²) in [6, 6.07) is 13.1. The zero-order chi connectivity index (χ0) is 25.8. The molecule has 2 aromatic carbocycles. The van der Waals surface area contributed by atoms with Crippen LogP contribution in [0.1, 0.15) is 50.0 Å². The number of carbonyl (C=O) groups is 4. The Morgan fingerprint density at radius 2 is 1.54 bits per heavy atom. The third kappa shape index (κ3) is 10.6. The Bertz CT molecular complexity index is 1010.